The fraction of sp³-hybridized carbons (Fsp3) is 0.853. The van der Waals surface area contributed by atoms with Crippen LogP contribution in [0.4, 0.5) is 0 Å². The number of hydrogen-bond donors (Lipinski definition) is 0. The summed E-state index contributed by atoms with van der Waals surface area (Å²) in [7, 11) is 0. The first-order valence-electron chi connectivity index (χ1n) is 16.4. The Morgan fingerprint density at radius 1 is 0.429 bits per heavy atom. The summed E-state index contributed by atoms with van der Waals surface area (Å²) in [6.45, 7) is 5.82. The average Bonchev–Trinajstić information content (AvgIpc) is 2.88. The van der Waals surface area contributed by atoms with Gasteiger partial charge in [0.2, 0.25) is 0 Å². The van der Waals surface area contributed by atoms with Gasteiger partial charge in [0.1, 0.15) is 6.54 Å². The molecule has 1 aromatic heterocycles. The Morgan fingerprint density at radius 3 is 1.23 bits per heavy atom. The number of aryl methyl sites for hydroxylation is 2. The van der Waals surface area contributed by atoms with Gasteiger partial charge < -0.3 is 0 Å². The van der Waals surface area contributed by atoms with Crippen LogP contribution in [-0.2, 0) is 13.0 Å². The van der Waals surface area contributed by atoms with Gasteiger partial charge in [-0.1, -0.05) is 161 Å². The van der Waals surface area contributed by atoms with Crippen molar-refractivity contribution in [2.45, 2.75) is 187 Å². The fourth-order valence-electron chi connectivity index (χ4n) is 5.40. The van der Waals surface area contributed by atoms with E-state index in [-0.39, 0.29) is 0 Å². The second-order valence-electron chi connectivity index (χ2n) is 11.3. The number of aromatic nitrogens is 1. The van der Waals surface area contributed by atoms with Crippen molar-refractivity contribution in [3.8, 4) is 0 Å². The molecule has 1 heterocycles. The quantitative estimate of drug-likeness (QED) is 0.0859. The highest BCUT2D eigenvalue weighted by Crippen LogP contribution is 2.14. The molecule has 0 radical (unpaired) electrons. The molecule has 1 nitrogen and oxygen atoms in total. The molecule has 1 heteroatoms. The summed E-state index contributed by atoms with van der Waals surface area (Å²) < 4.78 is 2.54. The van der Waals surface area contributed by atoms with Crippen LogP contribution in [0.15, 0.2) is 24.4 Å². The van der Waals surface area contributed by atoms with E-state index in [2.05, 4.69) is 42.8 Å². The van der Waals surface area contributed by atoms with Gasteiger partial charge >= 0.3 is 0 Å². The lowest BCUT2D eigenvalue weighted by atomic mass is 10.0. The maximum absolute atomic E-state index is 2.54. The minimum absolute atomic E-state index is 1.21. The van der Waals surface area contributed by atoms with Crippen LogP contribution >= 0.6 is 0 Å². The van der Waals surface area contributed by atoms with E-state index in [4.69, 9.17) is 0 Å². The zero-order valence-electron chi connectivity index (χ0n) is 24.3. The van der Waals surface area contributed by atoms with E-state index in [1.54, 1.807) is 5.69 Å². The van der Waals surface area contributed by atoms with Crippen LogP contribution in [-0.4, -0.2) is 0 Å². The largest absolute Gasteiger partial charge is 0.202 e. The summed E-state index contributed by atoms with van der Waals surface area (Å²) in [5.41, 5.74) is 1.55. The first kappa shape index (κ1) is 32.2. The van der Waals surface area contributed by atoms with Crippen molar-refractivity contribution < 1.29 is 4.57 Å². The highest BCUT2D eigenvalue weighted by molar-refractivity contribution is 4.97. The van der Waals surface area contributed by atoms with E-state index in [9.17, 15) is 0 Å². The van der Waals surface area contributed by atoms with Crippen molar-refractivity contribution in [2.24, 2.45) is 0 Å². The molecule has 0 amide bonds. The predicted octanol–water partition coefficient (Wildman–Crippen LogP) is 11.3. The molecule has 0 atom stereocenters. The molecule has 0 aliphatic heterocycles. The van der Waals surface area contributed by atoms with Crippen molar-refractivity contribution in [2.75, 3.05) is 0 Å². The topological polar surface area (TPSA) is 3.88 Å². The van der Waals surface area contributed by atoms with Crippen LogP contribution in [0.25, 0.3) is 0 Å². The van der Waals surface area contributed by atoms with Crippen molar-refractivity contribution in [3.63, 3.8) is 0 Å². The minimum atomic E-state index is 1.21. The molecule has 1 rings (SSSR count). The molecular formula is C34H64N+. The van der Waals surface area contributed by atoms with Gasteiger partial charge in [0, 0.05) is 25.0 Å². The Bertz CT molecular complexity index is 537. The summed E-state index contributed by atoms with van der Waals surface area (Å²) in [4.78, 5) is 0. The van der Waals surface area contributed by atoms with Gasteiger partial charge in [0.25, 0.3) is 0 Å². The Labute approximate surface area is 221 Å². The molecule has 204 valence electrons. The van der Waals surface area contributed by atoms with E-state index < -0.39 is 0 Å². The van der Waals surface area contributed by atoms with Gasteiger partial charge in [-0.05, 0) is 12.8 Å². The third kappa shape index (κ3) is 21.0. The van der Waals surface area contributed by atoms with E-state index in [0.717, 1.165) is 0 Å². The van der Waals surface area contributed by atoms with Gasteiger partial charge in [-0.15, -0.1) is 0 Å². The normalized spacial score (nSPS) is 11.4. The number of hydrogen-bond acceptors (Lipinski definition) is 0. The highest BCUT2D eigenvalue weighted by atomic mass is 14.9. The summed E-state index contributed by atoms with van der Waals surface area (Å²) in [6, 6.07) is 6.81. The summed E-state index contributed by atoms with van der Waals surface area (Å²) in [5.74, 6) is 0. The molecule has 0 aliphatic carbocycles. The Kier molecular flexibility index (Phi) is 24.1. The molecule has 0 saturated heterocycles. The molecule has 0 saturated carbocycles. The Morgan fingerprint density at radius 2 is 0.800 bits per heavy atom. The van der Waals surface area contributed by atoms with Gasteiger partial charge in [0.15, 0.2) is 11.9 Å². The first-order valence-corrected chi connectivity index (χ1v) is 16.4. The number of rotatable bonds is 27. The molecule has 0 spiro atoms. The monoisotopic (exact) mass is 487 g/mol. The van der Waals surface area contributed by atoms with Crippen LogP contribution in [0, 0.1) is 0 Å². The van der Waals surface area contributed by atoms with Gasteiger partial charge in [0.05, 0.1) is 0 Å². The van der Waals surface area contributed by atoms with Crippen LogP contribution < -0.4 is 4.57 Å². The SMILES string of the molecule is CCCCCCCCCCCCCCCCC[n+]1ccccc1CCCCCCCCCCCC. The van der Waals surface area contributed by atoms with Gasteiger partial charge in [-0.3, -0.25) is 0 Å². The minimum Gasteiger partial charge on any atom is -0.202 e. The van der Waals surface area contributed by atoms with Crippen LogP contribution in [0.2, 0.25) is 0 Å². The number of nitrogens with zero attached hydrogens (tertiary/aromatic N) is 1. The second-order valence-corrected chi connectivity index (χ2v) is 11.3. The smallest absolute Gasteiger partial charge is 0.181 e. The third-order valence-corrected chi connectivity index (χ3v) is 7.82. The van der Waals surface area contributed by atoms with E-state index in [0.29, 0.717) is 0 Å². The summed E-state index contributed by atoms with van der Waals surface area (Å²) in [5, 5.41) is 0. The van der Waals surface area contributed by atoms with Crippen molar-refractivity contribution in [3.05, 3.63) is 30.1 Å². The highest BCUT2D eigenvalue weighted by Gasteiger charge is 2.08. The fourth-order valence-corrected chi connectivity index (χ4v) is 5.40. The van der Waals surface area contributed by atoms with E-state index >= 15 is 0 Å². The standard InChI is InChI=1S/C34H64N/c1-3-5-7-9-11-13-15-16-17-18-19-21-23-25-28-32-35-33-29-27-31-34(35)30-26-24-22-20-14-12-10-8-6-4-2/h27,29,31,33H,3-26,28,30,32H2,1-2H3/q+1. The maximum Gasteiger partial charge on any atom is 0.181 e. The second kappa shape index (κ2) is 26.2. The Hall–Kier alpha value is -0.850. The summed E-state index contributed by atoms with van der Waals surface area (Å²) >= 11 is 0. The molecule has 0 aliphatic rings. The van der Waals surface area contributed by atoms with E-state index in [1.807, 2.05) is 0 Å². The zero-order chi connectivity index (χ0) is 25.1. The third-order valence-electron chi connectivity index (χ3n) is 7.82. The molecule has 0 N–H and O–H groups in total. The van der Waals surface area contributed by atoms with E-state index in [1.165, 1.54) is 173 Å². The predicted molar refractivity (Wildman–Crippen MR) is 157 cm³/mol. The molecule has 1 aromatic rings. The van der Waals surface area contributed by atoms with Crippen molar-refractivity contribution in [1.82, 2.24) is 0 Å². The lowest BCUT2D eigenvalue weighted by molar-refractivity contribution is -0.704. The maximum atomic E-state index is 2.54. The number of unbranched alkanes of at least 4 members (excludes halogenated alkanes) is 23. The lowest BCUT2D eigenvalue weighted by Gasteiger charge is -2.05. The van der Waals surface area contributed by atoms with Crippen molar-refractivity contribution >= 4 is 0 Å². The van der Waals surface area contributed by atoms with Gasteiger partial charge in [-0.2, -0.15) is 0 Å². The molecule has 0 bridgehead atoms. The summed E-state index contributed by atoms with van der Waals surface area (Å²) in [6.07, 6.45) is 39.4. The van der Waals surface area contributed by atoms with Crippen LogP contribution in [0.1, 0.15) is 180 Å². The average molecular weight is 487 g/mol. The lowest BCUT2D eigenvalue weighted by Crippen LogP contribution is -2.37. The zero-order valence-corrected chi connectivity index (χ0v) is 24.3. The van der Waals surface area contributed by atoms with Crippen LogP contribution in [0.5, 0.6) is 0 Å². The van der Waals surface area contributed by atoms with Crippen LogP contribution in [0.3, 0.4) is 0 Å². The first-order chi connectivity index (χ1) is 17.4. The molecule has 0 aromatic carbocycles. The van der Waals surface area contributed by atoms with Gasteiger partial charge in [-0.25, -0.2) is 4.57 Å². The molecule has 35 heavy (non-hydrogen) atoms. The molecular weight excluding hydrogens is 422 g/mol. The molecule has 0 fully saturated rings. The molecule has 0 unspecified atom stereocenters. The van der Waals surface area contributed by atoms with Crippen molar-refractivity contribution in [1.29, 1.82) is 0 Å². The number of pyridine rings is 1. The Balaban J connectivity index is 1.94.